The van der Waals surface area contributed by atoms with Crippen LogP contribution in [0.2, 0.25) is 0 Å². The molecule has 13 rings (SSSR count). The van der Waals surface area contributed by atoms with E-state index in [2.05, 4.69) is 30.6 Å². The molecule has 8 heterocycles. The van der Waals surface area contributed by atoms with Crippen LogP contribution in [0.1, 0.15) is 186 Å². The molecule has 13 aliphatic rings. The van der Waals surface area contributed by atoms with E-state index in [0.717, 1.165) is 11.9 Å². The van der Waals surface area contributed by atoms with Crippen molar-refractivity contribution in [1.29, 1.82) is 0 Å². The number of carbonyl (C=O) groups excluding carboxylic acids is 4. The van der Waals surface area contributed by atoms with Crippen LogP contribution in [-0.2, 0) is 99.8 Å². The Morgan fingerprint density at radius 1 is 0.540 bits per heavy atom. The number of nitrogens with one attached hydrogen (secondary N) is 2. The SMILES string of the molecule is CC[C@H]1O[C@@H](O[C@@H](C[C@H](O)CC(=O)N[C@@H](C[C@H](O)CC(=O)N[C@H]2C(CO)O[C@@H](OC(=O)[C@]34CCC(C)(C)CC3C3=CCC5C6(C)CC[C@H](O[C@@H]7OC(C(=O)O)[C@@H](O)[C@H](O[C@@H]8OC[C@@H](O)[C@H](O)C8O)C7O[C@@H]7OC(CO)[C@H](O)[C@H](O)C7O)[C@](C)(C=O)[C@@H]6CC[C@]5(C)[C@]3(C)CC4O)C(O[C@@H]3OC(C)[C@H](O[C@@H]4OC[C@@H](O)C(O[C@@H]5OCC(O)(CO)[C@@H]5O)C4O)C(O)C3O)C2O)[C@@H](C)CC)[C@@H](C)CC)C(O)C1O. The molecule has 0 spiro atoms. The maximum atomic E-state index is 16.4. The fourth-order valence-electron chi connectivity index (χ4n) is 24.6. The van der Waals surface area contributed by atoms with Gasteiger partial charge in [-0.25, -0.2) is 4.79 Å². The summed E-state index contributed by atoms with van der Waals surface area (Å²) in [5.41, 5.74) is -7.82. The predicted octanol–water partition coefficient (Wildman–Crippen LogP) is -6.15. The zero-order valence-corrected chi connectivity index (χ0v) is 80.6. The van der Waals surface area contributed by atoms with Crippen LogP contribution in [0, 0.1) is 62.1 Å². The predicted molar refractivity (Wildman–Crippen MR) is 467 cm³/mol. The number of aliphatic hydroxyl groups excluding tert-OH is 21. The number of carboxylic acid groups (broad SMARTS) is 1. The first kappa shape index (κ1) is 112. The smallest absolute Gasteiger partial charge is 0.335 e. The first-order valence-corrected chi connectivity index (χ1v) is 49.0. The van der Waals surface area contributed by atoms with Gasteiger partial charge in [0.05, 0.1) is 107 Å². The van der Waals surface area contributed by atoms with Gasteiger partial charge in [0.2, 0.25) is 18.1 Å². The van der Waals surface area contributed by atoms with Gasteiger partial charge in [-0.15, -0.1) is 0 Å². The Morgan fingerprint density at radius 2 is 1.12 bits per heavy atom. The van der Waals surface area contributed by atoms with Crippen LogP contribution in [0.4, 0.5) is 0 Å². The van der Waals surface area contributed by atoms with Crippen LogP contribution < -0.4 is 10.6 Å². The third-order valence-corrected chi connectivity index (χ3v) is 33.8. The van der Waals surface area contributed by atoms with Crippen LogP contribution in [0.3, 0.4) is 0 Å². The van der Waals surface area contributed by atoms with E-state index in [1.807, 2.05) is 41.5 Å². The van der Waals surface area contributed by atoms with Gasteiger partial charge in [0, 0.05) is 12.5 Å². The van der Waals surface area contributed by atoms with Crippen LogP contribution >= 0.6 is 0 Å². The molecule has 798 valence electrons. The average molecular weight is 2000 g/mol. The highest BCUT2D eigenvalue weighted by atomic mass is 16.8. The molecule has 51 atom stereocenters. The van der Waals surface area contributed by atoms with Gasteiger partial charge in [-0.1, -0.05) is 101 Å². The molecule has 12 fully saturated rings. The number of carboxylic acids is 1. The molecular formula is C93H152N2O44. The molecule has 8 saturated heterocycles. The second kappa shape index (κ2) is 44.7. The minimum atomic E-state index is -2.27. The summed E-state index contributed by atoms with van der Waals surface area (Å²) in [6.45, 7) is 17.7. The van der Waals surface area contributed by atoms with E-state index < -0.39 is 372 Å². The fourth-order valence-corrected chi connectivity index (χ4v) is 24.6. The van der Waals surface area contributed by atoms with Crippen molar-refractivity contribution in [2.75, 3.05) is 39.6 Å². The number of esters is 1. The first-order valence-electron chi connectivity index (χ1n) is 49.0. The molecule has 0 radical (unpaired) electrons. The summed E-state index contributed by atoms with van der Waals surface area (Å²) >= 11 is 0. The molecule has 0 aromatic carbocycles. The lowest BCUT2D eigenvalue weighted by Gasteiger charge is -2.71. The van der Waals surface area contributed by atoms with Gasteiger partial charge in [0.25, 0.3) is 0 Å². The molecule has 8 aliphatic heterocycles. The minimum absolute atomic E-state index is 0.0123. The summed E-state index contributed by atoms with van der Waals surface area (Å²) in [7, 11) is 0. The zero-order valence-electron chi connectivity index (χ0n) is 80.6. The highest BCUT2D eigenvalue weighted by Gasteiger charge is 2.74. The van der Waals surface area contributed by atoms with E-state index in [4.69, 9.17) is 75.8 Å². The normalized spacial score (nSPS) is 48.5. The Kier molecular flexibility index (Phi) is 36.0. The number of hydrogen-bond acceptors (Lipinski definition) is 43. The number of amides is 2. The third-order valence-electron chi connectivity index (χ3n) is 33.8. The summed E-state index contributed by atoms with van der Waals surface area (Å²) in [5, 5.41) is 264. The molecule has 46 heteroatoms. The van der Waals surface area contributed by atoms with Gasteiger partial charge in [0.15, 0.2) is 56.2 Å². The molecule has 5 aliphatic carbocycles. The van der Waals surface area contributed by atoms with E-state index in [0.29, 0.717) is 51.4 Å². The lowest BCUT2D eigenvalue weighted by atomic mass is 9.33. The van der Waals surface area contributed by atoms with E-state index in [9.17, 15) is 137 Å². The topological polar surface area (TPSA) is 722 Å². The number of hydrogen-bond donors (Lipinski definition) is 25. The van der Waals surface area contributed by atoms with Crippen molar-refractivity contribution in [3.05, 3.63) is 11.6 Å². The highest BCUT2D eigenvalue weighted by molar-refractivity contribution is 5.80. The van der Waals surface area contributed by atoms with Crippen molar-refractivity contribution >= 4 is 30.0 Å². The number of carbonyl (C=O) groups is 5. The first-order chi connectivity index (χ1) is 65.3. The van der Waals surface area contributed by atoms with Crippen LogP contribution in [-0.4, -0.2) is 438 Å². The van der Waals surface area contributed by atoms with Crippen LogP contribution in [0.15, 0.2) is 11.6 Å². The number of ether oxygens (including phenoxy) is 16. The maximum Gasteiger partial charge on any atom is 0.335 e. The molecule has 4 saturated carbocycles. The Bertz CT molecular complexity index is 4130. The summed E-state index contributed by atoms with van der Waals surface area (Å²) in [4.78, 5) is 72.5. The van der Waals surface area contributed by atoms with Gasteiger partial charge in [-0.3, -0.25) is 14.4 Å². The van der Waals surface area contributed by atoms with Crippen molar-refractivity contribution in [1.82, 2.24) is 10.6 Å². The van der Waals surface area contributed by atoms with Gasteiger partial charge < -0.3 is 209 Å². The molecule has 0 aromatic rings. The lowest BCUT2D eigenvalue weighted by Crippen LogP contribution is -2.70. The molecule has 2 amide bonds. The Hall–Kier alpha value is -4.19. The molecular weight excluding hydrogens is 1850 g/mol. The van der Waals surface area contributed by atoms with Gasteiger partial charge >= 0.3 is 11.9 Å². The molecule has 0 bridgehead atoms. The molecule has 25 N–H and O–H groups in total. The van der Waals surface area contributed by atoms with Crippen molar-refractivity contribution in [2.24, 2.45) is 62.1 Å². The Morgan fingerprint density at radius 3 is 1.76 bits per heavy atom. The van der Waals surface area contributed by atoms with E-state index >= 15 is 4.79 Å². The second-order valence-corrected chi connectivity index (χ2v) is 43.1. The number of fused-ring (bicyclic) bond motifs is 7. The van der Waals surface area contributed by atoms with Gasteiger partial charge in [-0.2, -0.15) is 0 Å². The molecule has 46 nitrogen and oxygen atoms in total. The van der Waals surface area contributed by atoms with Crippen LogP contribution in [0.25, 0.3) is 0 Å². The maximum absolute atomic E-state index is 16.4. The average Bonchev–Trinajstić information content (AvgIpc) is 0.749. The van der Waals surface area contributed by atoms with Crippen molar-refractivity contribution in [3.8, 4) is 0 Å². The summed E-state index contributed by atoms with van der Waals surface area (Å²) in [6.07, 6.45) is -62.1. The van der Waals surface area contributed by atoms with E-state index in [-0.39, 0.29) is 56.3 Å². The van der Waals surface area contributed by atoms with E-state index in [1.165, 1.54) is 6.92 Å². The third kappa shape index (κ3) is 21.8. The minimum Gasteiger partial charge on any atom is -0.479 e. The van der Waals surface area contributed by atoms with Crippen molar-refractivity contribution in [2.45, 2.75) is 437 Å². The number of aliphatic hydroxyl groups is 22. The van der Waals surface area contributed by atoms with Crippen molar-refractivity contribution in [3.63, 3.8) is 0 Å². The lowest BCUT2D eigenvalue weighted by molar-refractivity contribution is -0.391. The molecule has 139 heavy (non-hydrogen) atoms. The Balaban J connectivity index is 0.754. The second-order valence-electron chi connectivity index (χ2n) is 43.1. The molecule has 0 aromatic heterocycles. The number of aldehydes is 1. The highest BCUT2D eigenvalue weighted by Crippen LogP contribution is 2.76. The summed E-state index contributed by atoms with van der Waals surface area (Å²) < 4.78 is 96.9. The van der Waals surface area contributed by atoms with Crippen molar-refractivity contribution < 1.29 is 217 Å². The largest absolute Gasteiger partial charge is 0.479 e. The number of aliphatic carboxylic acids is 1. The van der Waals surface area contributed by atoms with Gasteiger partial charge in [0.1, 0.15) is 145 Å². The zero-order chi connectivity index (χ0) is 102. The Labute approximate surface area is 805 Å². The number of rotatable bonds is 36. The standard InChI is InChI=1S/C93H152N2O44/c1-13-37(4)44(94-55(105)27-41(101)25-48(38(5)14-2)129-81-65(114)59(108)47(15-3)128-81)24-40(100)26-56(106)95-57-49(30-96)130-83(74(61(57)110)137-80-67(116)63(112)70(39(6)127-80)133-79-69(118)71(46(103)33-125-79)134-85-76(119)92(123,35-99)36-126-85)139-86(122)93-23-22-87(7,8)28-43(93)42-16-17-52-88(9)20-19-54(89(10,34-98)51(88)18-21-90(52,11)91(42,12)29-53(93)104)132-84-75(138-82-66(115)62(111)60(109)50(31-97)131-82)72(68(117)73(136-84)77(120)121)135-78-64(113)58(107)45(102)32-124-78/h16,34,37-41,43-54,57-76,78-85,96-97,99-104,107-119,123H,13-15,17-33,35-36H2,1-12H3,(H,94,105)(H,95,106)(H,120,121)/t37-,38-,39?,40-,41-,43?,44-,45+,46+,47+,48-,49?,50?,51+,52?,53?,54-,57-,58-,59?,60-,61?,62-,63?,64?,65?,66?,67?,68-,69?,70-,71?,72-,73?,74?,75?,76+,78-,79-,80-,81-,82-,83-,84+,85-,88?,89+,90-,91+,92?,93+/m0/s1. The van der Waals surface area contributed by atoms with E-state index in [1.54, 1.807) is 20.8 Å². The summed E-state index contributed by atoms with van der Waals surface area (Å²) in [6, 6.07) is -2.57. The van der Waals surface area contributed by atoms with Crippen LogP contribution in [0.5, 0.6) is 0 Å². The summed E-state index contributed by atoms with van der Waals surface area (Å²) in [5.74, 6) is -6.68. The number of allylic oxidation sites excluding steroid dienone is 2. The van der Waals surface area contributed by atoms with Gasteiger partial charge in [-0.05, 0) is 129 Å². The fraction of sp³-hybridized carbons (Fsp3) is 0.925. The monoisotopic (exact) mass is 2000 g/mol. The quantitative estimate of drug-likeness (QED) is 0.0120. The molecule has 20 unspecified atom stereocenters.